The van der Waals surface area contributed by atoms with E-state index in [0.29, 0.717) is 17.7 Å². The number of aliphatic carboxylic acids is 2. The Morgan fingerprint density at radius 3 is 2.27 bits per heavy atom. The maximum atomic E-state index is 12.7. The van der Waals surface area contributed by atoms with Gasteiger partial charge in [-0.2, -0.15) is 18.3 Å². The Morgan fingerprint density at radius 2 is 1.64 bits per heavy atom. The van der Waals surface area contributed by atoms with Crippen LogP contribution in [0.3, 0.4) is 0 Å². The van der Waals surface area contributed by atoms with Crippen molar-refractivity contribution in [3.05, 3.63) is 96.8 Å². The number of carboxylic acid groups (broad SMARTS) is 2. The fraction of sp³-hybridized carbons (Fsp3) is 0.200. The fourth-order valence-corrected chi connectivity index (χ4v) is 3.83. The van der Waals surface area contributed by atoms with Crippen LogP contribution in [0.2, 0.25) is 0 Å². The van der Waals surface area contributed by atoms with Gasteiger partial charge < -0.3 is 26.2 Å². The zero-order valence-electron chi connectivity index (χ0n) is 23.6. The van der Waals surface area contributed by atoms with Crippen LogP contribution in [0.25, 0.3) is 16.5 Å². The Bertz CT molecular complexity index is 1640. The maximum Gasteiger partial charge on any atom is 0.490 e. The first-order chi connectivity index (χ1) is 21.4. The molecule has 0 radical (unpaired) electrons. The van der Waals surface area contributed by atoms with Crippen LogP contribution in [0.4, 0.5) is 19.0 Å². The SMILES string of the molecule is C=C(C(=O)NC(CNC(=O)c1ccc2c(cnn2CCCNc2ccccn2)c1)C(=O)O)c1ccccc1.O=C(O)C(F)(F)F. The maximum absolute atomic E-state index is 12.7. The molecule has 15 heteroatoms. The molecule has 12 nitrogen and oxygen atoms in total. The summed E-state index contributed by atoms with van der Waals surface area (Å²) >= 11 is 0. The second kappa shape index (κ2) is 15.7. The molecule has 0 saturated heterocycles. The number of benzene rings is 2. The highest BCUT2D eigenvalue weighted by Gasteiger charge is 2.38. The number of fused-ring (bicyclic) bond motifs is 1. The molecular formula is C30H29F3N6O6. The van der Waals surface area contributed by atoms with E-state index in [1.807, 2.05) is 28.9 Å². The molecule has 0 aliphatic rings. The molecule has 2 aromatic carbocycles. The van der Waals surface area contributed by atoms with Gasteiger partial charge in [-0.05, 0) is 42.3 Å². The van der Waals surface area contributed by atoms with Crippen molar-refractivity contribution in [3.8, 4) is 0 Å². The Hall–Kier alpha value is -5.73. The van der Waals surface area contributed by atoms with Gasteiger partial charge in [0.1, 0.15) is 11.9 Å². The summed E-state index contributed by atoms with van der Waals surface area (Å²) in [6, 6.07) is 18.3. The number of hydrogen-bond donors (Lipinski definition) is 5. The molecule has 0 spiro atoms. The lowest BCUT2D eigenvalue weighted by atomic mass is 10.1. The third-order valence-electron chi connectivity index (χ3n) is 6.13. The van der Waals surface area contributed by atoms with Crippen molar-refractivity contribution < 1.29 is 42.6 Å². The number of hydrogen-bond acceptors (Lipinski definition) is 7. The number of rotatable bonds is 12. The lowest BCUT2D eigenvalue weighted by molar-refractivity contribution is -0.192. The smallest absolute Gasteiger partial charge is 0.480 e. The molecule has 2 aromatic heterocycles. The molecule has 4 aromatic rings. The minimum absolute atomic E-state index is 0.137. The monoisotopic (exact) mass is 626 g/mol. The first-order valence-corrected chi connectivity index (χ1v) is 13.3. The second-order valence-electron chi connectivity index (χ2n) is 9.36. The number of carbonyl (C=O) groups is 4. The molecule has 0 aliphatic heterocycles. The molecule has 45 heavy (non-hydrogen) atoms. The third-order valence-corrected chi connectivity index (χ3v) is 6.13. The van der Waals surface area contributed by atoms with Crippen LogP contribution < -0.4 is 16.0 Å². The zero-order chi connectivity index (χ0) is 33.0. The summed E-state index contributed by atoms with van der Waals surface area (Å²) < 4.78 is 33.6. The van der Waals surface area contributed by atoms with Gasteiger partial charge in [-0.25, -0.2) is 14.6 Å². The molecule has 2 heterocycles. The van der Waals surface area contributed by atoms with E-state index in [-0.39, 0.29) is 12.1 Å². The number of carboxylic acids is 2. The average molecular weight is 627 g/mol. The highest BCUT2D eigenvalue weighted by atomic mass is 19.4. The van der Waals surface area contributed by atoms with Crippen LogP contribution in [0.5, 0.6) is 0 Å². The van der Waals surface area contributed by atoms with Crippen molar-refractivity contribution in [2.24, 2.45) is 0 Å². The molecule has 1 unspecified atom stereocenters. The van der Waals surface area contributed by atoms with Crippen LogP contribution in [0.1, 0.15) is 22.3 Å². The number of pyridine rings is 1. The van der Waals surface area contributed by atoms with Crippen molar-refractivity contribution in [1.29, 1.82) is 0 Å². The number of nitrogens with zero attached hydrogens (tertiary/aromatic N) is 3. The molecule has 0 aliphatic carbocycles. The third kappa shape index (κ3) is 10.2. The van der Waals surface area contributed by atoms with Gasteiger partial charge in [0, 0.05) is 42.4 Å². The summed E-state index contributed by atoms with van der Waals surface area (Å²) in [4.78, 5) is 50.0. The highest BCUT2D eigenvalue weighted by molar-refractivity contribution is 6.19. The van der Waals surface area contributed by atoms with Gasteiger partial charge in [-0.3, -0.25) is 14.3 Å². The van der Waals surface area contributed by atoms with Gasteiger partial charge in [0.25, 0.3) is 11.8 Å². The normalized spacial score (nSPS) is 11.4. The van der Waals surface area contributed by atoms with Gasteiger partial charge in [0.15, 0.2) is 0 Å². The lowest BCUT2D eigenvalue weighted by Crippen LogP contribution is -2.48. The van der Waals surface area contributed by atoms with Gasteiger partial charge in [-0.15, -0.1) is 0 Å². The van der Waals surface area contributed by atoms with E-state index in [1.54, 1.807) is 54.9 Å². The van der Waals surface area contributed by atoms with Gasteiger partial charge in [0.05, 0.1) is 11.7 Å². The summed E-state index contributed by atoms with van der Waals surface area (Å²) in [5.74, 6) is -4.29. The predicted octanol–water partition coefficient (Wildman–Crippen LogP) is 3.58. The number of carbonyl (C=O) groups excluding carboxylic acids is 2. The standard InChI is InChI=1S/C28H28N6O4.C2HF3O2/c1-19(20-8-3-2-4-9-20)26(35)33-23(28(37)38)18-31-27(36)21-11-12-24-22(16-21)17-32-34(24)15-7-14-30-25-10-5-6-13-29-25;3-2(4,5)1(6)7/h2-6,8-13,16-17,23H,1,7,14-15,18H2,(H,29,30)(H,31,36)(H,33,35)(H,37,38);(H,6,7). The first-order valence-electron chi connectivity index (χ1n) is 13.3. The van der Waals surface area contributed by atoms with Crippen LogP contribution in [0.15, 0.2) is 85.7 Å². The summed E-state index contributed by atoms with van der Waals surface area (Å²) in [5.41, 5.74) is 1.96. The topological polar surface area (TPSA) is 176 Å². The fourth-order valence-electron chi connectivity index (χ4n) is 3.83. The van der Waals surface area contributed by atoms with Crippen LogP contribution in [-0.2, 0) is 20.9 Å². The molecule has 5 N–H and O–H groups in total. The highest BCUT2D eigenvalue weighted by Crippen LogP contribution is 2.17. The minimum atomic E-state index is -5.08. The minimum Gasteiger partial charge on any atom is -0.480 e. The number of halogens is 3. The van der Waals surface area contributed by atoms with Gasteiger partial charge >= 0.3 is 18.1 Å². The van der Waals surface area contributed by atoms with Crippen LogP contribution in [-0.4, -0.2) is 74.0 Å². The van der Waals surface area contributed by atoms with E-state index in [9.17, 15) is 32.7 Å². The number of alkyl halides is 3. The van der Waals surface area contributed by atoms with E-state index < -0.39 is 36.0 Å². The van der Waals surface area contributed by atoms with Crippen molar-refractivity contribution in [2.75, 3.05) is 18.4 Å². The molecule has 0 saturated carbocycles. The number of aryl methyl sites for hydroxylation is 1. The number of amides is 2. The predicted molar refractivity (Wildman–Crippen MR) is 158 cm³/mol. The second-order valence-corrected chi connectivity index (χ2v) is 9.36. The molecular weight excluding hydrogens is 597 g/mol. The summed E-state index contributed by atoms with van der Waals surface area (Å²) in [7, 11) is 0. The van der Waals surface area contributed by atoms with Crippen LogP contribution in [0, 0.1) is 0 Å². The average Bonchev–Trinajstić information content (AvgIpc) is 3.43. The summed E-state index contributed by atoms with van der Waals surface area (Å²) in [5, 5.41) is 30.1. The molecule has 2 amide bonds. The molecule has 0 bridgehead atoms. The van der Waals surface area contributed by atoms with Crippen molar-refractivity contribution in [2.45, 2.75) is 25.2 Å². The first kappa shape index (κ1) is 33.8. The van der Waals surface area contributed by atoms with E-state index in [2.05, 4.69) is 32.6 Å². The Labute approximate surface area is 254 Å². The Balaban J connectivity index is 0.000000707. The summed E-state index contributed by atoms with van der Waals surface area (Å²) in [6.07, 6.45) is -0.833. The molecule has 236 valence electrons. The lowest BCUT2D eigenvalue weighted by Gasteiger charge is -2.16. The van der Waals surface area contributed by atoms with Gasteiger partial charge in [0.2, 0.25) is 0 Å². The summed E-state index contributed by atoms with van der Waals surface area (Å²) in [6.45, 7) is 4.87. The van der Waals surface area contributed by atoms with Crippen molar-refractivity contribution in [1.82, 2.24) is 25.4 Å². The van der Waals surface area contributed by atoms with Crippen molar-refractivity contribution >= 4 is 46.0 Å². The van der Waals surface area contributed by atoms with E-state index in [1.165, 1.54) is 0 Å². The van der Waals surface area contributed by atoms with E-state index >= 15 is 0 Å². The number of aromatic nitrogens is 3. The van der Waals surface area contributed by atoms with Crippen LogP contribution >= 0.6 is 0 Å². The number of anilines is 1. The zero-order valence-corrected chi connectivity index (χ0v) is 23.6. The Morgan fingerprint density at radius 1 is 0.956 bits per heavy atom. The van der Waals surface area contributed by atoms with Gasteiger partial charge in [-0.1, -0.05) is 43.0 Å². The van der Waals surface area contributed by atoms with E-state index in [0.717, 1.165) is 29.7 Å². The van der Waals surface area contributed by atoms with Crippen molar-refractivity contribution in [3.63, 3.8) is 0 Å². The Kier molecular flexibility index (Phi) is 11.7. The molecule has 4 rings (SSSR count). The molecule has 1 atom stereocenters. The quantitative estimate of drug-likeness (QED) is 0.116. The number of nitrogens with one attached hydrogen (secondary N) is 3. The van der Waals surface area contributed by atoms with E-state index in [4.69, 9.17) is 9.90 Å². The largest absolute Gasteiger partial charge is 0.490 e. The molecule has 0 fully saturated rings.